The van der Waals surface area contributed by atoms with E-state index in [2.05, 4.69) is 11.8 Å². The van der Waals surface area contributed by atoms with Crippen LogP contribution in [-0.4, -0.2) is 68.0 Å². The van der Waals surface area contributed by atoms with Gasteiger partial charge >= 0.3 is 0 Å². The summed E-state index contributed by atoms with van der Waals surface area (Å²) in [6, 6.07) is 7.95. The third-order valence-electron chi connectivity index (χ3n) is 6.01. The monoisotopic (exact) mass is 387 g/mol. The van der Waals surface area contributed by atoms with Crippen LogP contribution in [0.4, 0.5) is 5.69 Å². The number of piperidine rings is 1. The van der Waals surface area contributed by atoms with Crippen molar-refractivity contribution in [2.45, 2.75) is 33.6 Å². The van der Waals surface area contributed by atoms with Crippen molar-refractivity contribution in [2.75, 3.05) is 51.3 Å². The standard InChI is InChI=1S/C22H33N3O3/c1-17-8-7-11-25(16-17)21(27)22(2,3)20(26)24-14-12-23(13-15-24)18-9-5-6-10-19(18)28-4/h5-6,9-10,17H,7-8,11-16H2,1-4H3. The summed E-state index contributed by atoms with van der Waals surface area (Å²) >= 11 is 0. The number of carbonyl (C=O) groups excluding carboxylic acids is 2. The molecule has 0 bridgehead atoms. The van der Waals surface area contributed by atoms with Gasteiger partial charge in [-0.05, 0) is 44.7 Å². The summed E-state index contributed by atoms with van der Waals surface area (Å²) in [7, 11) is 1.67. The zero-order valence-corrected chi connectivity index (χ0v) is 17.6. The molecule has 0 aliphatic carbocycles. The number of para-hydroxylation sites is 2. The third-order valence-corrected chi connectivity index (χ3v) is 6.01. The largest absolute Gasteiger partial charge is 0.495 e. The van der Waals surface area contributed by atoms with Crippen LogP contribution in [-0.2, 0) is 9.59 Å². The smallest absolute Gasteiger partial charge is 0.237 e. The molecule has 1 atom stereocenters. The highest BCUT2D eigenvalue weighted by molar-refractivity contribution is 6.04. The maximum Gasteiger partial charge on any atom is 0.237 e. The molecule has 1 aromatic carbocycles. The molecule has 154 valence electrons. The van der Waals surface area contributed by atoms with Crippen LogP contribution in [0.15, 0.2) is 24.3 Å². The fourth-order valence-electron chi connectivity index (χ4n) is 4.30. The summed E-state index contributed by atoms with van der Waals surface area (Å²) in [5, 5.41) is 0. The molecular formula is C22H33N3O3. The minimum Gasteiger partial charge on any atom is -0.495 e. The Morgan fingerprint density at radius 1 is 1.00 bits per heavy atom. The van der Waals surface area contributed by atoms with E-state index in [1.54, 1.807) is 21.0 Å². The van der Waals surface area contributed by atoms with E-state index in [0.29, 0.717) is 19.0 Å². The quantitative estimate of drug-likeness (QED) is 0.746. The van der Waals surface area contributed by atoms with Crippen LogP contribution < -0.4 is 9.64 Å². The van der Waals surface area contributed by atoms with Gasteiger partial charge in [0.25, 0.3) is 0 Å². The van der Waals surface area contributed by atoms with Crippen molar-refractivity contribution in [3.05, 3.63) is 24.3 Å². The number of nitrogens with zero attached hydrogens (tertiary/aromatic N) is 3. The number of rotatable bonds is 4. The van der Waals surface area contributed by atoms with E-state index in [9.17, 15) is 9.59 Å². The second-order valence-corrected chi connectivity index (χ2v) is 8.57. The van der Waals surface area contributed by atoms with E-state index in [0.717, 1.165) is 50.5 Å². The lowest BCUT2D eigenvalue weighted by Gasteiger charge is -2.41. The SMILES string of the molecule is COc1ccccc1N1CCN(C(=O)C(C)(C)C(=O)N2CCCC(C)C2)CC1. The molecule has 2 aliphatic heterocycles. The van der Waals surface area contributed by atoms with Gasteiger partial charge in [-0.2, -0.15) is 0 Å². The maximum absolute atomic E-state index is 13.2. The lowest BCUT2D eigenvalue weighted by atomic mass is 9.87. The summed E-state index contributed by atoms with van der Waals surface area (Å²) in [5.41, 5.74) is 0.0404. The Labute approximate surface area is 168 Å². The lowest BCUT2D eigenvalue weighted by molar-refractivity contribution is -0.155. The fraction of sp³-hybridized carbons (Fsp3) is 0.636. The molecule has 0 radical (unpaired) electrons. The van der Waals surface area contributed by atoms with Crippen LogP contribution >= 0.6 is 0 Å². The molecule has 0 spiro atoms. The summed E-state index contributed by atoms with van der Waals surface area (Å²) in [6.45, 7) is 9.96. The second-order valence-electron chi connectivity index (χ2n) is 8.57. The van der Waals surface area contributed by atoms with Crippen LogP contribution in [0.1, 0.15) is 33.6 Å². The number of amides is 2. The van der Waals surface area contributed by atoms with Crippen molar-refractivity contribution in [3.8, 4) is 5.75 Å². The van der Waals surface area contributed by atoms with Gasteiger partial charge in [-0.25, -0.2) is 0 Å². The van der Waals surface area contributed by atoms with E-state index < -0.39 is 5.41 Å². The van der Waals surface area contributed by atoms with Crippen molar-refractivity contribution >= 4 is 17.5 Å². The molecule has 6 nitrogen and oxygen atoms in total. The number of hydrogen-bond donors (Lipinski definition) is 0. The van der Waals surface area contributed by atoms with Crippen molar-refractivity contribution in [3.63, 3.8) is 0 Å². The van der Waals surface area contributed by atoms with Crippen LogP contribution in [0.2, 0.25) is 0 Å². The van der Waals surface area contributed by atoms with Gasteiger partial charge in [-0.15, -0.1) is 0 Å². The third kappa shape index (κ3) is 4.10. The first-order valence-electron chi connectivity index (χ1n) is 10.3. The average molecular weight is 388 g/mol. The van der Waals surface area contributed by atoms with E-state index in [1.807, 2.05) is 34.1 Å². The normalized spacial score (nSPS) is 20.9. The molecule has 1 aromatic rings. The Balaban J connectivity index is 1.63. The van der Waals surface area contributed by atoms with Crippen molar-refractivity contribution < 1.29 is 14.3 Å². The molecule has 0 N–H and O–H groups in total. The molecule has 0 aromatic heterocycles. The van der Waals surface area contributed by atoms with E-state index in [-0.39, 0.29) is 11.8 Å². The Morgan fingerprint density at radius 3 is 2.29 bits per heavy atom. The number of carbonyl (C=O) groups is 2. The molecule has 1 unspecified atom stereocenters. The fourth-order valence-corrected chi connectivity index (χ4v) is 4.30. The molecular weight excluding hydrogens is 354 g/mol. The van der Waals surface area contributed by atoms with E-state index in [4.69, 9.17) is 4.74 Å². The zero-order chi connectivity index (χ0) is 20.3. The van der Waals surface area contributed by atoms with Gasteiger partial charge in [0.15, 0.2) is 0 Å². The first kappa shape index (κ1) is 20.5. The molecule has 2 aliphatic rings. The van der Waals surface area contributed by atoms with Gasteiger partial charge in [-0.3, -0.25) is 9.59 Å². The van der Waals surface area contributed by atoms with Gasteiger partial charge in [0.2, 0.25) is 11.8 Å². The lowest BCUT2D eigenvalue weighted by Crippen LogP contribution is -2.57. The van der Waals surface area contributed by atoms with E-state index >= 15 is 0 Å². The number of methoxy groups -OCH3 is 1. The Hall–Kier alpha value is -2.24. The highest BCUT2D eigenvalue weighted by Crippen LogP contribution is 2.30. The highest BCUT2D eigenvalue weighted by Gasteiger charge is 2.43. The molecule has 2 fully saturated rings. The number of benzene rings is 1. The van der Waals surface area contributed by atoms with E-state index in [1.165, 1.54) is 0 Å². The number of likely N-dealkylation sites (tertiary alicyclic amines) is 1. The van der Waals surface area contributed by atoms with Gasteiger partial charge in [0.1, 0.15) is 11.2 Å². The van der Waals surface area contributed by atoms with Crippen LogP contribution in [0, 0.1) is 11.3 Å². The summed E-state index contributed by atoms with van der Waals surface area (Å²) in [4.78, 5) is 32.2. The first-order valence-corrected chi connectivity index (χ1v) is 10.3. The predicted molar refractivity (Wildman–Crippen MR) is 111 cm³/mol. The molecule has 2 saturated heterocycles. The highest BCUT2D eigenvalue weighted by atomic mass is 16.5. The van der Waals surface area contributed by atoms with Gasteiger partial charge in [0, 0.05) is 39.3 Å². The maximum atomic E-state index is 13.2. The molecule has 2 amide bonds. The summed E-state index contributed by atoms with van der Waals surface area (Å²) in [5.74, 6) is 1.26. The minimum atomic E-state index is -1.01. The van der Waals surface area contributed by atoms with Crippen molar-refractivity contribution in [1.82, 2.24) is 9.80 Å². The molecule has 6 heteroatoms. The number of piperazine rings is 1. The topological polar surface area (TPSA) is 53.1 Å². The molecule has 2 heterocycles. The van der Waals surface area contributed by atoms with Crippen molar-refractivity contribution in [1.29, 1.82) is 0 Å². The zero-order valence-electron chi connectivity index (χ0n) is 17.6. The van der Waals surface area contributed by atoms with Crippen LogP contribution in [0.25, 0.3) is 0 Å². The summed E-state index contributed by atoms with van der Waals surface area (Å²) in [6.07, 6.45) is 2.18. The van der Waals surface area contributed by atoms with Crippen LogP contribution in [0.5, 0.6) is 5.75 Å². The van der Waals surface area contributed by atoms with Gasteiger partial charge in [0.05, 0.1) is 12.8 Å². The Morgan fingerprint density at radius 2 is 1.64 bits per heavy atom. The summed E-state index contributed by atoms with van der Waals surface area (Å²) < 4.78 is 5.46. The first-order chi connectivity index (χ1) is 13.3. The second kappa shape index (κ2) is 8.41. The van der Waals surface area contributed by atoms with Gasteiger partial charge < -0.3 is 19.4 Å². The Kier molecular flexibility index (Phi) is 6.16. The van der Waals surface area contributed by atoms with Crippen molar-refractivity contribution in [2.24, 2.45) is 11.3 Å². The molecule has 0 saturated carbocycles. The predicted octanol–water partition coefficient (Wildman–Crippen LogP) is 2.63. The van der Waals surface area contributed by atoms with Gasteiger partial charge in [-0.1, -0.05) is 19.1 Å². The minimum absolute atomic E-state index is 0.0313. The average Bonchev–Trinajstić information content (AvgIpc) is 2.72. The molecule has 28 heavy (non-hydrogen) atoms. The number of hydrogen-bond acceptors (Lipinski definition) is 4. The number of anilines is 1. The number of ether oxygens (including phenoxy) is 1. The molecule has 3 rings (SSSR count). The van der Waals surface area contributed by atoms with Crippen LogP contribution in [0.3, 0.4) is 0 Å². The Bertz CT molecular complexity index is 711.